The van der Waals surface area contributed by atoms with Crippen LogP contribution in [-0.2, 0) is 26.3 Å². The second-order valence-electron chi connectivity index (χ2n) is 11.0. The van der Waals surface area contributed by atoms with Crippen molar-refractivity contribution in [2.45, 2.75) is 62.1 Å². The predicted molar refractivity (Wildman–Crippen MR) is 146 cm³/mol. The minimum atomic E-state index is -2.95. The van der Waals surface area contributed by atoms with E-state index in [1.54, 1.807) is 24.3 Å². The van der Waals surface area contributed by atoms with Gasteiger partial charge >= 0.3 is 0 Å². The number of aromatic nitrogens is 1. The summed E-state index contributed by atoms with van der Waals surface area (Å²) in [6, 6.07) is 12.5. The molecule has 2 atom stereocenters. The molecule has 12 heteroatoms. The van der Waals surface area contributed by atoms with Gasteiger partial charge in [0.25, 0.3) is 17.7 Å². The average Bonchev–Trinajstić information content (AvgIpc) is 3.56. The van der Waals surface area contributed by atoms with Crippen molar-refractivity contribution >= 4 is 29.2 Å². The van der Waals surface area contributed by atoms with Crippen molar-refractivity contribution in [1.82, 2.24) is 10.3 Å². The Morgan fingerprint density at radius 1 is 1.07 bits per heavy atom. The maximum absolute atomic E-state index is 15.7. The Kier molecular flexibility index (Phi) is 6.91. The van der Waals surface area contributed by atoms with Gasteiger partial charge in [-0.3, -0.25) is 24.2 Å². The number of anilines is 2. The molecule has 6 rings (SSSR count). The molecule has 1 aliphatic heterocycles. The van der Waals surface area contributed by atoms with Crippen molar-refractivity contribution in [3.8, 4) is 6.07 Å². The first kappa shape index (κ1) is 28.3. The molecule has 8 nitrogen and oxygen atoms in total. The smallest absolute Gasteiger partial charge is 0.252 e. The fourth-order valence-electron chi connectivity index (χ4n) is 6.38. The molecule has 1 saturated carbocycles. The summed E-state index contributed by atoms with van der Waals surface area (Å²) in [5, 5.41) is 12.0. The number of halogens is 4. The van der Waals surface area contributed by atoms with E-state index in [4.69, 9.17) is 0 Å². The lowest BCUT2D eigenvalue weighted by Crippen LogP contribution is -2.64. The normalized spacial score (nSPS) is 22.4. The highest BCUT2D eigenvalue weighted by molar-refractivity contribution is 6.12. The number of pyridine rings is 1. The van der Waals surface area contributed by atoms with Crippen molar-refractivity contribution in [3.63, 3.8) is 0 Å². The van der Waals surface area contributed by atoms with Gasteiger partial charge in [-0.25, -0.2) is 22.5 Å². The quantitative estimate of drug-likeness (QED) is 0.425. The SMILES string of the molecule is N#Cc1ccnc(N2C(=O)CC[C@H]2C(=O)N(c2cccc(F)c2F)[C@@]2(C(=O)NC3CC(F)(F)C3)CCc3ccccc32)c1. The van der Waals surface area contributed by atoms with Gasteiger partial charge in [-0.15, -0.1) is 0 Å². The predicted octanol–water partition coefficient (Wildman–Crippen LogP) is 4.52. The Balaban J connectivity index is 1.52. The Morgan fingerprint density at radius 3 is 2.58 bits per heavy atom. The van der Waals surface area contributed by atoms with E-state index < -0.39 is 71.4 Å². The molecular weight excluding hydrogens is 566 g/mol. The van der Waals surface area contributed by atoms with Gasteiger partial charge in [0.2, 0.25) is 5.91 Å². The van der Waals surface area contributed by atoms with Crippen LogP contribution in [-0.4, -0.2) is 40.7 Å². The number of nitriles is 1. The zero-order valence-electron chi connectivity index (χ0n) is 22.7. The third-order valence-corrected chi connectivity index (χ3v) is 8.41. The monoisotopic (exact) mass is 591 g/mol. The zero-order chi connectivity index (χ0) is 30.5. The Labute approximate surface area is 243 Å². The Morgan fingerprint density at radius 2 is 1.84 bits per heavy atom. The van der Waals surface area contributed by atoms with Crippen LogP contribution in [0.2, 0.25) is 0 Å². The highest BCUT2D eigenvalue weighted by atomic mass is 19.3. The molecule has 0 unspecified atom stereocenters. The summed E-state index contributed by atoms with van der Waals surface area (Å²) < 4.78 is 57.9. The first-order chi connectivity index (χ1) is 20.6. The maximum atomic E-state index is 15.7. The molecule has 3 aliphatic rings. The van der Waals surface area contributed by atoms with Crippen molar-refractivity contribution in [3.05, 3.63) is 89.1 Å². The number of aryl methyl sites for hydroxylation is 1. The number of fused-ring (bicyclic) bond motifs is 1. The lowest BCUT2D eigenvalue weighted by molar-refractivity contribution is -0.137. The van der Waals surface area contributed by atoms with Crippen LogP contribution in [0.25, 0.3) is 0 Å². The van der Waals surface area contributed by atoms with Gasteiger partial charge in [0.15, 0.2) is 17.2 Å². The third kappa shape index (κ3) is 4.69. The molecule has 3 amide bonds. The van der Waals surface area contributed by atoms with Gasteiger partial charge in [-0.05, 0) is 54.7 Å². The molecule has 3 aromatic rings. The number of amides is 3. The molecule has 1 aromatic heterocycles. The van der Waals surface area contributed by atoms with Crippen molar-refractivity contribution in [1.29, 1.82) is 5.26 Å². The van der Waals surface area contributed by atoms with E-state index in [9.17, 15) is 32.8 Å². The molecule has 1 N–H and O–H groups in total. The minimum Gasteiger partial charge on any atom is -0.351 e. The van der Waals surface area contributed by atoms with Crippen LogP contribution >= 0.6 is 0 Å². The van der Waals surface area contributed by atoms with E-state index in [-0.39, 0.29) is 37.1 Å². The number of rotatable bonds is 6. The number of benzene rings is 2. The second kappa shape index (κ2) is 10.5. The van der Waals surface area contributed by atoms with E-state index in [0.29, 0.717) is 11.1 Å². The minimum absolute atomic E-state index is 0.0154. The van der Waals surface area contributed by atoms with Crippen molar-refractivity contribution in [2.75, 3.05) is 9.80 Å². The van der Waals surface area contributed by atoms with E-state index in [1.165, 1.54) is 30.5 Å². The number of hydrogen-bond donors (Lipinski definition) is 1. The number of carbonyl (C=O) groups excluding carboxylic acids is 3. The van der Waals surface area contributed by atoms with Gasteiger partial charge in [0, 0.05) is 31.5 Å². The third-order valence-electron chi connectivity index (χ3n) is 8.41. The molecule has 220 valence electrons. The molecular formula is C31H25F4N5O3. The number of carbonyl (C=O) groups is 3. The van der Waals surface area contributed by atoms with E-state index in [0.717, 1.165) is 15.9 Å². The van der Waals surface area contributed by atoms with Crippen molar-refractivity contribution < 1.29 is 31.9 Å². The van der Waals surface area contributed by atoms with Gasteiger partial charge in [0.1, 0.15) is 11.9 Å². The van der Waals surface area contributed by atoms with Crippen LogP contribution in [0.1, 0.15) is 48.8 Å². The Hall–Kier alpha value is -4.79. The van der Waals surface area contributed by atoms with Crippen LogP contribution in [0, 0.1) is 23.0 Å². The largest absolute Gasteiger partial charge is 0.351 e. The van der Waals surface area contributed by atoms with Crippen LogP contribution in [0.3, 0.4) is 0 Å². The number of nitrogens with zero attached hydrogens (tertiary/aromatic N) is 4. The second-order valence-corrected chi connectivity index (χ2v) is 11.0. The average molecular weight is 592 g/mol. The highest BCUT2D eigenvalue weighted by Crippen LogP contribution is 2.47. The topological polar surface area (TPSA) is 106 Å². The molecule has 2 fully saturated rings. The zero-order valence-corrected chi connectivity index (χ0v) is 22.7. The van der Waals surface area contributed by atoms with Crippen LogP contribution in [0.5, 0.6) is 0 Å². The molecule has 2 heterocycles. The first-order valence-corrected chi connectivity index (χ1v) is 13.8. The summed E-state index contributed by atoms with van der Waals surface area (Å²) in [4.78, 5) is 48.3. The van der Waals surface area contributed by atoms with E-state index in [2.05, 4.69) is 10.3 Å². The van der Waals surface area contributed by atoms with Crippen LogP contribution in [0.15, 0.2) is 60.8 Å². The van der Waals surface area contributed by atoms with E-state index in [1.807, 2.05) is 6.07 Å². The lowest BCUT2D eigenvalue weighted by Gasteiger charge is -2.45. The fourth-order valence-corrected chi connectivity index (χ4v) is 6.38. The van der Waals surface area contributed by atoms with Crippen LogP contribution in [0.4, 0.5) is 29.1 Å². The van der Waals surface area contributed by atoms with Gasteiger partial charge in [0.05, 0.1) is 17.3 Å². The summed E-state index contributed by atoms with van der Waals surface area (Å²) >= 11 is 0. The first-order valence-electron chi connectivity index (χ1n) is 13.8. The summed E-state index contributed by atoms with van der Waals surface area (Å²) in [7, 11) is 0. The highest BCUT2D eigenvalue weighted by Gasteiger charge is 2.57. The molecule has 43 heavy (non-hydrogen) atoms. The fraction of sp³-hybridized carbons (Fsp3) is 0.323. The van der Waals surface area contributed by atoms with E-state index >= 15 is 4.39 Å². The molecule has 0 radical (unpaired) electrons. The summed E-state index contributed by atoms with van der Waals surface area (Å²) in [6.45, 7) is 0. The number of alkyl halides is 2. The molecule has 1 saturated heterocycles. The number of nitrogens with one attached hydrogen (secondary N) is 1. The van der Waals surface area contributed by atoms with Gasteiger partial charge < -0.3 is 5.32 Å². The lowest BCUT2D eigenvalue weighted by atomic mass is 9.83. The molecule has 0 bridgehead atoms. The maximum Gasteiger partial charge on any atom is 0.252 e. The molecule has 2 aromatic carbocycles. The standard InChI is InChI=1S/C31H25F4N5O3/c32-22-6-3-7-23(27(22)33)40(28(42)24-8-9-26(41)39(24)25-14-18(17-36)11-13-37-25)31(12-10-19-4-1-2-5-21(19)31)29(43)38-20-15-30(34,35)16-20/h1-7,11,13-14,20,24H,8-10,12,15-16H2,(H,38,43)/t24-,31-/m0/s1. The summed E-state index contributed by atoms with van der Waals surface area (Å²) in [5.74, 6) is -7.76. The van der Waals surface area contributed by atoms with Crippen LogP contribution < -0.4 is 15.1 Å². The van der Waals surface area contributed by atoms with Crippen molar-refractivity contribution in [2.24, 2.45) is 0 Å². The number of hydrogen-bond acceptors (Lipinski definition) is 5. The van der Waals surface area contributed by atoms with Gasteiger partial charge in [-0.2, -0.15) is 5.26 Å². The molecule has 0 spiro atoms. The summed E-state index contributed by atoms with van der Waals surface area (Å²) in [5.41, 5.74) is -1.28. The Bertz CT molecular complexity index is 1680. The van der Waals surface area contributed by atoms with Gasteiger partial charge in [-0.1, -0.05) is 30.3 Å². The summed E-state index contributed by atoms with van der Waals surface area (Å²) in [6.07, 6.45) is 0.242. The molecule has 2 aliphatic carbocycles.